The molecule has 0 aliphatic carbocycles. The van der Waals surface area contributed by atoms with Crippen molar-refractivity contribution in [2.24, 2.45) is 0 Å². The van der Waals surface area contributed by atoms with Crippen LogP contribution in [0.15, 0.2) is 41.3 Å². The average Bonchev–Trinajstić information content (AvgIpc) is 3.27. The number of ketones is 1. The van der Waals surface area contributed by atoms with Gasteiger partial charge in [0.1, 0.15) is 11.5 Å². The van der Waals surface area contributed by atoms with Gasteiger partial charge in [-0.1, -0.05) is 6.92 Å². The molecule has 6 nitrogen and oxygen atoms in total. The van der Waals surface area contributed by atoms with Gasteiger partial charge in [0.25, 0.3) is 11.7 Å². The number of nitrogens with zero attached hydrogens (tertiary/aromatic N) is 1. The van der Waals surface area contributed by atoms with Crippen molar-refractivity contribution in [2.45, 2.75) is 46.3 Å². The van der Waals surface area contributed by atoms with Gasteiger partial charge in [0.2, 0.25) is 0 Å². The SMILES string of the molecule is CCCOc1ccc(/C(O)=C2/C(=O)C(=O)N(CCOC(C)C)C2c2sccc2C)cc1. The summed E-state index contributed by atoms with van der Waals surface area (Å²) in [6.07, 6.45) is 0.915. The quantitative estimate of drug-likeness (QED) is 0.346. The summed E-state index contributed by atoms with van der Waals surface area (Å²) in [7, 11) is 0. The predicted molar refractivity (Wildman–Crippen MR) is 121 cm³/mol. The van der Waals surface area contributed by atoms with Crippen LogP contribution in [0.4, 0.5) is 0 Å². The zero-order valence-electron chi connectivity index (χ0n) is 18.4. The van der Waals surface area contributed by atoms with Crippen LogP contribution in [0.5, 0.6) is 5.75 Å². The minimum Gasteiger partial charge on any atom is -0.507 e. The minimum absolute atomic E-state index is 0.0205. The van der Waals surface area contributed by atoms with Gasteiger partial charge in [-0.3, -0.25) is 9.59 Å². The molecule has 0 spiro atoms. The monoisotopic (exact) mass is 443 g/mol. The number of carbonyl (C=O) groups excluding carboxylic acids is 2. The summed E-state index contributed by atoms with van der Waals surface area (Å²) in [6.45, 7) is 8.99. The van der Waals surface area contributed by atoms with E-state index in [1.54, 1.807) is 24.3 Å². The predicted octanol–water partition coefficient (Wildman–Crippen LogP) is 4.69. The molecule has 166 valence electrons. The second kappa shape index (κ2) is 10.1. The van der Waals surface area contributed by atoms with Gasteiger partial charge >= 0.3 is 0 Å². The van der Waals surface area contributed by atoms with Crippen molar-refractivity contribution in [3.8, 4) is 5.75 Å². The molecule has 1 aliphatic heterocycles. The molecule has 1 aromatic carbocycles. The van der Waals surface area contributed by atoms with Crippen LogP contribution in [0.3, 0.4) is 0 Å². The molecule has 7 heteroatoms. The molecule has 1 saturated heterocycles. The number of amides is 1. The summed E-state index contributed by atoms with van der Waals surface area (Å²) in [6, 6.07) is 8.23. The van der Waals surface area contributed by atoms with Crippen molar-refractivity contribution in [3.63, 3.8) is 0 Å². The molecule has 1 aromatic heterocycles. The fraction of sp³-hybridized carbons (Fsp3) is 0.417. The number of aliphatic hydroxyl groups is 1. The van der Waals surface area contributed by atoms with E-state index in [0.29, 0.717) is 24.5 Å². The minimum atomic E-state index is -0.675. The lowest BCUT2D eigenvalue weighted by Gasteiger charge is -2.25. The number of aryl methyl sites for hydroxylation is 1. The number of hydrogen-bond acceptors (Lipinski definition) is 6. The Balaban J connectivity index is 2.00. The lowest BCUT2D eigenvalue weighted by molar-refractivity contribution is -0.140. The summed E-state index contributed by atoms with van der Waals surface area (Å²) in [5, 5.41) is 13.0. The van der Waals surface area contributed by atoms with E-state index in [0.717, 1.165) is 16.9 Å². The second-order valence-corrected chi connectivity index (χ2v) is 8.70. The molecule has 0 saturated carbocycles. The second-order valence-electron chi connectivity index (χ2n) is 7.75. The number of thiophene rings is 1. The van der Waals surface area contributed by atoms with Crippen LogP contribution in [-0.2, 0) is 14.3 Å². The van der Waals surface area contributed by atoms with Gasteiger partial charge in [0.15, 0.2) is 0 Å². The van der Waals surface area contributed by atoms with Crippen LogP contribution in [0.1, 0.15) is 49.2 Å². The Labute approximate surface area is 187 Å². The van der Waals surface area contributed by atoms with Crippen molar-refractivity contribution in [3.05, 3.63) is 57.3 Å². The summed E-state index contributed by atoms with van der Waals surface area (Å²) in [5.74, 6) is -0.776. The van der Waals surface area contributed by atoms with E-state index in [9.17, 15) is 14.7 Å². The topological polar surface area (TPSA) is 76.1 Å². The fourth-order valence-electron chi connectivity index (χ4n) is 3.52. The number of carbonyl (C=O) groups is 2. The summed E-state index contributed by atoms with van der Waals surface area (Å²) in [5.41, 5.74) is 1.56. The first kappa shape index (κ1) is 23.0. The maximum atomic E-state index is 13.0. The number of likely N-dealkylation sites (tertiary alicyclic amines) is 1. The largest absolute Gasteiger partial charge is 0.507 e. The first-order valence-corrected chi connectivity index (χ1v) is 11.4. The van der Waals surface area contributed by atoms with Crippen molar-refractivity contribution in [2.75, 3.05) is 19.8 Å². The Hall–Kier alpha value is -2.64. The number of hydrogen-bond donors (Lipinski definition) is 1. The van der Waals surface area contributed by atoms with Crippen molar-refractivity contribution >= 4 is 28.8 Å². The summed E-state index contributed by atoms with van der Waals surface area (Å²) >= 11 is 1.47. The Bertz CT molecular complexity index is 961. The molecule has 1 amide bonds. The molecule has 2 heterocycles. The van der Waals surface area contributed by atoms with E-state index in [1.165, 1.54) is 16.2 Å². The molecule has 2 aromatic rings. The maximum absolute atomic E-state index is 13.0. The number of rotatable bonds is 9. The third-order valence-electron chi connectivity index (χ3n) is 5.07. The van der Waals surface area contributed by atoms with Gasteiger partial charge in [-0.2, -0.15) is 0 Å². The highest BCUT2D eigenvalue weighted by atomic mass is 32.1. The summed E-state index contributed by atoms with van der Waals surface area (Å²) < 4.78 is 11.2. The van der Waals surface area contributed by atoms with E-state index in [4.69, 9.17) is 9.47 Å². The van der Waals surface area contributed by atoms with Gasteiger partial charge in [0.05, 0.1) is 30.9 Å². The third-order valence-corrected chi connectivity index (χ3v) is 6.15. The Morgan fingerprint density at radius 3 is 2.45 bits per heavy atom. The van der Waals surface area contributed by atoms with Crippen molar-refractivity contribution in [1.82, 2.24) is 4.90 Å². The van der Waals surface area contributed by atoms with Gasteiger partial charge in [0, 0.05) is 17.0 Å². The molecule has 1 aliphatic rings. The van der Waals surface area contributed by atoms with Crippen LogP contribution >= 0.6 is 11.3 Å². The highest BCUT2D eigenvalue weighted by molar-refractivity contribution is 7.10. The van der Waals surface area contributed by atoms with E-state index >= 15 is 0 Å². The van der Waals surface area contributed by atoms with E-state index in [-0.39, 0.29) is 24.0 Å². The molecule has 1 N–H and O–H groups in total. The average molecular weight is 444 g/mol. The van der Waals surface area contributed by atoms with E-state index in [2.05, 4.69) is 0 Å². The zero-order chi connectivity index (χ0) is 22.5. The Kier molecular flexibility index (Phi) is 7.51. The maximum Gasteiger partial charge on any atom is 0.295 e. The number of benzene rings is 1. The zero-order valence-corrected chi connectivity index (χ0v) is 19.2. The molecule has 1 fully saturated rings. The molecule has 1 unspecified atom stereocenters. The first-order chi connectivity index (χ1) is 14.8. The highest BCUT2D eigenvalue weighted by Gasteiger charge is 2.46. The van der Waals surface area contributed by atoms with Crippen LogP contribution in [0.25, 0.3) is 5.76 Å². The molecule has 31 heavy (non-hydrogen) atoms. The molecule has 1 atom stereocenters. The molecule has 3 rings (SSSR count). The van der Waals surface area contributed by atoms with E-state index in [1.807, 2.05) is 39.1 Å². The number of aliphatic hydroxyl groups excluding tert-OH is 1. The fourth-order valence-corrected chi connectivity index (χ4v) is 4.57. The normalized spacial score (nSPS) is 18.2. The smallest absolute Gasteiger partial charge is 0.295 e. The van der Waals surface area contributed by atoms with Gasteiger partial charge in [-0.25, -0.2) is 0 Å². The molecular formula is C24H29NO5S. The van der Waals surface area contributed by atoms with Crippen LogP contribution in [0.2, 0.25) is 0 Å². The highest BCUT2D eigenvalue weighted by Crippen LogP contribution is 2.42. The van der Waals surface area contributed by atoms with Gasteiger partial charge in [-0.15, -0.1) is 11.3 Å². The summed E-state index contributed by atoms with van der Waals surface area (Å²) in [4.78, 5) is 28.2. The van der Waals surface area contributed by atoms with Crippen LogP contribution in [-0.4, -0.2) is 47.6 Å². The Morgan fingerprint density at radius 2 is 1.87 bits per heavy atom. The lowest BCUT2D eigenvalue weighted by Crippen LogP contribution is -2.33. The van der Waals surface area contributed by atoms with Gasteiger partial charge < -0.3 is 19.5 Å². The molecule has 0 radical (unpaired) electrons. The lowest BCUT2D eigenvalue weighted by atomic mass is 9.98. The Morgan fingerprint density at radius 1 is 1.16 bits per heavy atom. The first-order valence-electron chi connectivity index (χ1n) is 10.5. The standard InChI is InChI=1S/C24H29NO5S/c1-5-12-30-18-8-6-17(7-9-18)21(26)19-20(23-16(4)10-14-31-23)25(24(28)22(19)27)11-13-29-15(2)3/h6-10,14-15,20,26H,5,11-13H2,1-4H3/b21-19-. The van der Waals surface area contributed by atoms with Gasteiger partial charge in [-0.05, 0) is 68.5 Å². The van der Waals surface area contributed by atoms with Crippen molar-refractivity contribution < 1.29 is 24.2 Å². The van der Waals surface area contributed by atoms with Crippen molar-refractivity contribution in [1.29, 1.82) is 0 Å². The molecule has 0 bridgehead atoms. The molecular weight excluding hydrogens is 414 g/mol. The van der Waals surface area contributed by atoms with Crippen LogP contribution in [0, 0.1) is 6.92 Å². The van der Waals surface area contributed by atoms with E-state index < -0.39 is 17.7 Å². The van der Waals surface area contributed by atoms with Crippen LogP contribution < -0.4 is 4.74 Å². The third kappa shape index (κ3) is 4.99. The number of Topliss-reactive ketones (excluding diaryl/α,β-unsaturated/α-hetero) is 1. The number of ether oxygens (including phenoxy) is 2.